The van der Waals surface area contributed by atoms with Crippen molar-refractivity contribution in [2.45, 2.75) is 4.90 Å². The molecule has 1 aromatic carbocycles. The Kier molecular flexibility index (Phi) is 5.91. The number of sulfonamides is 1. The van der Waals surface area contributed by atoms with Crippen LogP contribution in [0, 0.1) is 0 Å². The van der Waals surface area contributed by atoms with E-state index in [9.17, 15) is 13.2 Å². The Morgan fingerprint density at radius 1 is 1.13 bits per heavy atom. The van der Waals surface area contributed by atoms with Gasteiger partial charge in [0.05, 0.1) is 16.6 Å². The van der Waals surface area contributed by atoms with Crippen LogP contribution in [0.2, 0.25) is 10.0 Å². The van der Waals surface area contributed by atoms with Crippen LogP contribution in [0.5, 0.6) is 0 Å². The van der Waals surface area contributed by atoms with E-state index < -0.39 is 10.0 Å². The lowest BCUT2D eigenvalue weighted by Gasteiger charge is -2.34. The van der Waals surface area contributed by atoms with E-state index in [2.05, 4.69) is 0 Å². The maximum atomic E-state index is 12.7. The summed E-state index contributed by atoms with van der Waals surface area (Å²) in [5.41, 5.74) is 0. The number of likely N-dealkylation sites (N-methyl/N-ethyl adjacent to an activating group) is 1. The van der Waals surface area contributed by atoms with Crippen LogP contribution in [0.4, 0.5) is 0 Å². The van der Waals surface area contributed by atoms with Gasteiger partial charge in [-0.15, -0.1) is 0 Å². The fraction of sp³-hybridized carbons (Fsp3) is 0.500. The molecular formula is C14H19Cl2N3O3S. The molecule has 2 rings (SSSR count). The molecule has 1 aliphatic heterocycles. The average Bonchev–Trinajstić information content (AvgIpc) is 2.46. The first kappa shape index (κ1) is 18.5. The van der Waals surface area contributed by atoms with E-state index in [-0.39, 0.29) is 33.9 Å². The lowest BCUT2D eigenvalue weighted by molar-refractivity contribution is -0.133. The second-order valence-corrected chi connectivity index (χ2v) is 8.26. The maximum absolute atomic E-state index is 12.7. The van der Waals surface area contributed by atoms with Crippen molar-refractivity contribution in [2.24, 2.45) is 0 Å². The summed E-state index contributed by atoms with van der Waals surface area (Å²) in [5, 5.41) is 0.201. The molecule has 0 spiro atoms. The monoisotopic (exact) mass is 379 g/mol. The molecule has 1 saturated heterocycles. The van der Waals surface area contributed by atoms with E-state index in [1.807, 2.05) is 14.1 Å². The molecule has 128 valence electrons. The van der Waals surface area contributed by atoms with E-state index >= 15 is 0 Å². The summed E-state index contributed by atoms with van der Waals surface area (Å²) in [7, 11) is -0.140. The Balaban J connectivity index is 2.12. The molecule has 1 amide bonds. The molecular weight excluding hydrogens is 361 g/mol. The number of amides is 1. The Labute approximate surface area is 146 Å². The fourth-order valence-corrected chi connectivity index (χ4v) is 4.92. The maximum Gasteiger partial charge on any atom is 0.246 e. The summed E-state index contributed by atoms with van der Waals surface area (Å²) in [6.45, 7) is 1.47. The largest absolute Gasteiger partial charge is 0.339 e. The van der Waals surface area contributed by atoms with Gasteiger partial charge in [-0.25, -0.2) is 8.42 Å². The minimum Gasteiger partial charge on any atom is -0.339 e. The number of piperazine rings is 1. The van der Waals surface area contributed by atoms with Crippen LogP contribution in [0.1, 0.15) is 0 Å². The van der Waals surface area contributed by atoms with Gasteiger partial charge >= 0.3 is 0 Å². The topological polar surface area (TPSA) is 60.9 Å². The van der Waals surface area contributed by atoms with Crippen molar-refractivity contribution in [1.29, 1.82) is 0 Å². The lowest BCUT2D eigenvalue weighted by atomic mass is 10.3. The minimum absolute atomic E-state index is 0.0113. The van der Waals surface area contributed by atoms with Crippen molar-refractivity contribution >= 4 is 39.1 Å². The Bertz CT molecular complexity index is 666. The predicted octanol–water partition coefficient (Wildman–Crippen LogP) is 1.39. The van der Waals surface area contributed by atoms with Gasteiger partial charge in [-0.3, -0.25) is 4.79 Å². The van der Waals surface area contributed by atoms with Crippen LogP contribution >= 0.6 is 23.2 Å². The molecule has 1 aromatic rings. The molecule has 0 aliphatic carbocycles. The molecule has 23 heavy (non-hydrogen) atoms. The quantitative estimate of drug-likeness (QED) is 0.792. The third-order valence-electron chi connectivity index (χ3n) is 3.56. The van der Waals surface area contributed by atoms with Crippen molar-refractivity contribution in [1.82, 2.24) is 14.1 Å². The number of rotatable bonds is 4. The number of benzene rings is 1. The standard InChI is InChI=1S/C14H19Cl2N3O3S/c1-17(2)10-13(20)18-6-8-19(9-7-18)23(21,22)14-11(15)4-3-5-12(14)16/h3-5H,6-10H2,1-2H3. The van der Waals surface area contributed by atoms with Crippen LogP contribution in [-0.4, -0.2) is 75.2 Å². The Morgan fingerprint density at radius 3 is 2.13 bits per heavy atom. The highest BCUT2D eigenvalue weighted by Crippen LogP contribution is 2.31. The molecule has 1 aliphatic rings. The normalized spacial score (nSPS) is 16.8. The molecule has 0 unspecified atom stereocenters. The highest BCUT2D eigenvalue weighted by molar-refractivity contribution is 7.89. The van der Waals surface area contributed by atoms with Gasteiger partial charge in [0.1, 0.15) is 4.90 Å². The van der Waals surface area contributed by atoms with E-state index in [0.29, 0.717) is 19.6 Å². The second kappa shape index (κ2) is 7.36. The molecule has 0 bridgehead atoms. The van der Waals surface area contributed by atoms with Crippen LogP contribution in [0.25, 0.3) is 0 Å². The summed E-state index contributed by atoms with van der Waals surface area (Å²) >= 11 is 12.0. The summed E-state index contributed by atoms with van der Waals surface area (Å²) in [6.07, 6.45) is 0. The molecule has 0 N–H and O–H groups in total. The van der Waals surface area contributed by atoms with Gasteiger partial charge in [0.2, 0.25) is 15.9 Å². The zero-order valence-electron chi connectivity index (χ0n) is 13.0. The predicted molar refractivity (Wildman–Crippen MR) is 90.4 cm³/mol. The number of hydrogen-bond donors (Lipinski definition) is 0. The highest BCUT2D eigenvalue weighted by Gasteiger charge is 2.32. The van der Waals surface area contributed by atoms with E-state index in [1.54, 1.807) is 15.9 Å². The third kappa shape index (κ3) is 4.16. The number of hydrogen-bond acceptors (Lipinski definition) is 4. The molecule has 1 heterocycles. The summed E-state index contributed by atoms with van der Waals surface area (Å²) < 4.78 is 26.8. The van der Waals surface area contributed by atoms with Crippen molar-refractivity contribution in [3.63, 3.8) is 0 Å². The molecule has 0 radical (unpaired) electrons. The average molecular weight is 380 g/mol. The number of nitrogens with zero attached hydrogens (tertiary/aromatic N) is 3. The van der Waals surface area contributed by atoms with Crippen molar-refractivity contribution in [3.8, 4) is 0 Å². The van der Waals surface area contributed by atoms with Gasteiger partial charge in [-0.05, 0) is 26.2 Å². The zero-order valence-corrected chi connectivity index (χ0v) is 15.3. The molecule has 1 fully saturated rings. The molecule has 0 aromatic heterocycles. The highest BCUT2D eigenvalue weighted by atomic mass is 35.5. The van der Waals surface area contributed by atoms with Gasteiger partial charge in [0.25, 0.3) is 0 Å². The third-order valence-corrected chi connectivity index (χ3v) is 6.41. The van der Waals surface area contributed by atoms with Gasteiger partial charge in [-0.2, -0.15) is 4.31 Å². The molecule has 0 saturated carbocycles. The van der Waals surface area contributed by atoms with Gasteiger partial charge in [0, 0.05) is 26.2 Å². The molecule has 6 nitrogen and oxygen atoms in total. The summed E-state index contributed by atoms with van der Waals surface area (Å²) in [6, 6.07) is 4.59. The van der Waals surface area contributed by atoms with Gasteiger partial charge in [0.15, 0.2) is 0 Å². The lowest BCUT2D eigenvalue weighted by Crippen LogP contribution is -2.52. The first-order chi connectivity index (χ1) is 10.7. The second-order valence-electron chi connectivity index (χ2n) is 5.57. The smallest absolute Gasteiger partial charge is 0.246 e. The van der Waals surface area contributed by atoms with Crippen molar-refractivity contribution < 1.29 is 13.2 Å². The summed E-state index contributed by atoms with van der Waals surface area (Å²) in [4.78, 5) is 15.4. The van der Waals surface area contributed by atoms with Crippen LogP contribution in [0.3, 0.4) is 0 Å². The SMILES string of the molecule is CN(C)CC(=O)N1CCN(S(=O)(=O)c2c(Cl)cccc2Cl)CC1. The number of halogens is 2. The Hall–Kier alpha value is -0.860. The van der Waals surface area contributed by atoms with Crippen LogP contribution in [-0.2, 0) is 14.8 Å². The van der Waals surface area contributed by atoms with Gasteiger partial charge < -0.3 is 9.80 Å². The first-order valence-electron chi connectivity index (χ1n) is 7.10. The van der Waals surface area contributed by atoms with Crippen molar-refractivity contribution in [3.05, 3.63) is 28.2 Å². The number of carbonyl (C=O) groups excluding carboxylic acids is 1. The molecule has 0 atom stereocenters. The Morgan fingerprint density at radius 2 is 1.65 bits per heavy atom. The molecule has 9 heteroatoms. The number of carbonyl (C=O) groups is 1. The van der Waals surface area contributed by atoms with E-state index in [0.717, 1.165) is 0 Å². The van der Waals surface area contributed by atoms with E-state index in [1.165, 1.54) is 16.4 Å². The fourth-order valence-electron chi connectivity index (χ4n) is 2.41. The van der Waals surface area contributed by atoms with Crippen LogP contribution < -0.4 is 0 Å². The van der Waals surface area contributed by atoms with Gasteiger partial charge in [-0.1, -0.05) is 29.3 Å². The minimum atomic E-state index is -3.77. The van der Waals surface area contributed by atoms with Crippen molar-refractivity contribution in [2.75, 3.05) is 46.8 Å². The van der Waals surface area contributed by atoms with Crippen LogP contribution in [0.15, 0.2) is 23.1 Å². The van der Waals surface area contributed by atoms with E-state index in [4.69, 9.17) is 23.2 Å². The summed E-state index contributed by atoms with van der Waals surface area (Å²) in [5.74, 6) is -0.0113. The zero-order chi connectivity index (χ0) is 17.2. The first-order valence-corrected chi connectivity index (χ1v) is 9.29.